The van der Waals surface area contributed by atoms with Gasteiger partial charge in [-0.1, -0.05) is 0 Å². The van der Waals surface area contributed by atoms with Crippen molar-refractivity contribution in [3.63, 3.8) is 0 Å². The maximum Gasteiger partial charge on any atom is 0.159 e. The molecule has 0 aliphatic carbocycles. The fraction of sp³-hybridized carbons (Fsp3) is 0.421. The lowest BCUT2D eigenvalue weighted by Gasteiger charge is -2.24. The number of nitrogens with zero attached hydrogens (tertiary/aromatic N) is 5. The van der Waals surface area contributed by atoms with E-state index in [0.29, 0.717) is 6.04 Å². The van der Waals surface area contributed by atoms with Crippen molar-refractivity contribution in [1.82, 2.24) is 24.5 Å². The topological polar surface area (TPSA) is 58.4 Å². The molecule has 0 unspecified atom stereocenters. The molecular formula is C19H24N6. The molecule has 1 aliphatic heterocycles. The van der Waals surface area contributed by atoms with Gasteiger partial charge in [0.1, 0.15) is 5.82 Å². The molecule has 3 aromatic heterocycles. The quantitative estimate of drug-likeness (QED) is 0.793. The number of anilines is 1. The minimum absolute atomic E-state index is 0.427. The normalized spacial score (nSPS) is 18.1. The fourth-order valence-corrected chi connectivity index (χ4v) is 3.83. The van der Waals surface area contributed by atoms with Crippen molar-refractivity contribution in [1.29, 1.82) is 0 Å². The summed E-state index contributed by atoms with van der Waals surface area (Å²) in [6, 6.07) is 6.78. The largest absolute Gasteiger partial charge is 0.373 e. The van der Waals surface area contributed by atoms with Crippen LogP contribution in [-0.4, -0.2) is 38.1 Å². The highest BCUT2D eigenvalue weighted by Gasteiger charge is 2.27. The molecule has 1 atom stereocenters. The number of hydrogen-bond acceptors (Lipinski definition) is 5. The summed E-state index contributed by atoms with van der Waals surface area (Å²) in [5.74, 6) is 0.924. The summed E-state index contributed by atoms with van der Waals surface area (Å²) in [5.41, 5.74) is 5.67. The predicted octanol–water partition coefficient (Wildman–Crippen LogP) is 3.12. The Kier molecular flexibility index (Phi) is 4.13. The molecule has 0 radical (unpaired) electrons. The number of nitrogens with one attached hydrogen (secondary N) is 1. The summed E-state index contributed by atoms with van der Waals surface area (Å²) in [4.78, 5) is 11.6. The molecule has 1 fully saturated rings. The van der Waals surface area contributed by atoms with Gasteiger partial charge < -0.3 is 5.32 Å². The molecule has 4 rings (SSSR count). The van der Waals surface area contributed by atoms with E-state index in [1.807, 2.05) is 30.9 Å². The number of likely N-dealkylation sites (tertiary alicyclic amines) is 1. The molecule has 3 aromatic rings. The minimum Gasteiger partial charge on any atom is -0.373 e. The predicted molar refractivity (Wildman–Crippen MR) is 98.6 cm³/mol. The minimum atomic E-state index is 0.427. The van der Waals surface area contributed by atoms with Gasteiger partial charge in [-0.2, -0.15) is 5.10 Å². The number of pyridine rings is 1. The number of fused-ring (bicyclic) bond motifs is 1. The highest BCUT2D eigenvalue weighted by molar-refractivity contribution is 5.48. The molecule has 6 heteroatoms. The number of hydrogen-bond donors (Lipinski definition) is 1. The van der Waals surface area contributed by atoms with E-state index in [-0.39, 0.29) is 0 Å². The van der Waals surface area contributed by atoms with Crippen molar-refractivity contribution in [2.45, 2.75) is 39.3 Å². The third-order valence-electron chi connectivity index (χ3n) is 5.01. The fourth-order valence-electron chi connectivity index (χ4n) is 3.83. The Morgan fingerprint density at radius 3 is 3.00 bits per heavy atom. The van der Waals surface area contributed by atoms with Crippen molar-refractivity contribution in [3.8, 4) is 0 Å². The molecular weight excluding hydrogens is 312 g/mol. The Morgan fingerprint density at radius 1 is 1.28 bits per heavy atom. The van der Waals surface area contributed by atoms with Gasteiger partial charge in [0.2, 0.25) is 0 Å². The summed E-state index contributed by atoms with van der Waals surface area (Å²) in [7, 11) is 1.91. The summed E-state index contributed by atoms with van der Waals surface area (Å²) in [6.45, 7) is 6.09. The summed E-state index contributed by atoms with van der Waals surface area (Å²) in [6.07, 6.45) is 6.25. The first-order valence-corrected chi connectivity index (χ1v) is 8.84. The van der Waals surface area contributed by atoms with Gasteiger partial charge >= 0.3 is 0 Å². The Morgan fingerprint density at radius 2 is 2.16 bits per heavy atom. The van der Waals surface area contributed by atoms with Crippen molar-refractivity contribution in [2.24, 2.45) is 0 Å². The highest BCUT2D eigenvalue weighted by Crippen LogP contribution is 2.34. The van der Waals surface area contributed by atoms with E-state index in [1.165, 1.54) is 24.0 Å². The van der Waals surface area contributed by atoms with Gasteiger partial charge in [-0.3, -0.25) is 4.90 Å². The van der Waals surface area contributed by atoms with E-state index in [4.69, 9.17) is 4.98 Å². The molecule has 0 spiro atoms. The molecule has 130 valence electrons. The highest BCUT2D eigenvalue weighted by atomic mass is 15.3. The lowest BCUT2D eigenvalue weighted by molar-refractivity contribution is 0.249. The zero-order valence-electron chi connectivity index (χ0n) is 15.0. The van der Waals surface area contributed by atoms with E-state index in [9.17, 15) is 0 Å². The maximum absolute atomic E-state index is 4.72. The van der Waals surface area contributed by atoms with Gasteiger partial charge in [-0.25, -0.2) is 14.5 Å². The average molecular weight is 336 g/mol. The second-order valence-corrected chi connectivity index (χ2v) is 6.80. The van der Waals surface area contributed by atoms with Gasteiger partial charge in [0, 0.05) is 42.8 Å². The molecule has 6 nitrogen and oxygen atoms in total. The first-order valence-electron chi connectivity index (χ1n) is 8.84. The smallest absolute Gasteiger partial charge is 0.159 e. The Labute approximate surface area is 147 Å². The Balaban J connectivity index is 1.63. The van der Waals surface area contributed by atoms with Gasteiger partial charge in [0.15, 0.2) is 5.65 Å². The Hall–Kier alpha value is -2.47. The second-order valence-electron chi connectivity index (χ2n) is 6.80. The third kappa shape index (κ3) is 2.98. The summed E-state index contributed by atoms with van der Waals surface area (Å²) >= 11 is 0. The maximum atomic E-state index is 4.72. The SMILES string of the molecule is CNc1cc([C@H]2CCCN2Cc2cnn3c(C)cc(C)nc23)ccn1. The monoisotopic (exact) mass is 336 g/mol. The van der Waals surface area contributed by atoms with Gasteiger partial charge in [0.25, 0.3) is 0 Å². The van der Waals surface area contributed by atoms with Crippen LogP contribution in [0.3, 0.4) is 0 Å². The molecule has 0 bridgehead atoms. The van der Waals surface area contributed by atoms with E-state index in [0.717, 1.165) is 35.9 Å². The molecule has 1 N–H and O–H groups in total. The molecule has 0 aromatic carbocycles. The van der Waals surface area contributed by atoms with Gasteiger partial charge in [-0.05, 0) is 57.0 Å². The van der Waals surface area contributed by atoms with Crippen LogP contribution >= 0.6 is 0 Å². The molecule has 1 aliphatic rings. The molecule has 0 saturated carbocycles. The van der Waals surface area contributed by atoms with Crippen molar-refractivity contribution in [2.75, 3.05) is 18.9 Å². The third-order valence-corrected chi connectivity index (χ3v) is 5.01. The van der Waals surface area contributed by atoms with Crippen LogP contribution in [0.1, 0.15) is 41.4 Å². The van der Waals surface area contributed by atoms with Crippen LogP contribution in [0, 0.1) is 13.8 Å². The zero-order chi connectivity index (χ0) is 17.4. The lowest BCUT2D eigenvalue weighted by Crippen LogP contribution is -2.23. The summed E-state index contributed by atoms with van der Waals surface area (Å²) in [5, 5.41) is 7.67. The van der Waals surface area contributed by atoms with Crippen LogP contribution < -0.4 is 5.32 Å². The lowest BCUT2D eigenvalue weighted by atomic mass is 10.1. The number of aromatic nitrogens is 4. The van der Waals surface area contributed by atoms with Crippen LogP contribution in [0.15, 0.2) is 30.6 Å². The standard InChI is InChI=1S/C19H24N6/c1-13-9-14(2)25-19(23-13)16(11-22-25)12-24-8-4-5-17(24)15-6-7-21-18(10-15)20-3/h6-7,9-11,17H,4-5,8,12H2,1-3H3,(H,20,21)/t17-/m1/s1. The van der Waals surface area contributed by atoms with E-state index < -0.39 is 0 Å². The molecule has 4 heterocycles. The molecule has 25 heavy (non-hydrogen) atoms. The van der Waals surface area contributed by atoms with Gasteiger partial charge in [-0.15, -0.1) is 0 Å². The number of aryl methyl sites for hydroxylation is 2. The first-order chi connectivity index (χ1) is 12.2. The van der Waals surface area contributed by atoms with Crippen LogP contribution in [0.4, 0.5) is 5.82 Å². The van der Waals surface area contributed by atoms with Crippen molar-refractivity contribution < 1.29 is 0 Å². The molecule has 1 saturated heterocycles. The van der Waals surface area contributed by atoms with Crippen LogP contribution in [-0.2, 0) is 6.54 Å². The van der Waals surface area contributed by atoms with Crippen LogP contribution in [0.25, 0.3) is 5.65 Å². The number of rotatable bonds is 4. The van der Waals surface area contributed by atoms with E-state index in [2.05, 4.69) is 45.4 Å². The zero-order valence-corrected chi connectivity index (χ0v) is 15.0. The first kappa shape index (κ1) is 16.0. The van der Waals surface area contributed by atoms with E-state index >= 15 is 0 Å². The Bertz CT molecular complexity index is 900. The van der Waals surface area contributed by atoms with Crippen LogP contribution in [0.2, 0.25) is 0 Å². The summed E-state index contributed by atoms with van der Waals surface area (Å²) < 4.78 is 1.94. The van der Waals surface area contributed by atoms with E-state index in [1.54, 1.807) is 0 Å². The van der Waals surface area contributed by atoms with Crippen molar-refractivity contribution >= 4 is 11.5 Å². The second kappa shape index (κ2) is 6.44. The van der Waals surface area contributed by atoms with Gasteiger partial charge in [0.05, 0.1) is 6.20 Å². The van der Waals surface area contributed by atoms with Crippen LogP contribution in [0.5, 0.6) is 0 Å². The molecule has 0 amide bonds. The average Bonchev–Trinajstić information content (AvgIpc) is 3.23. The van der Waals surface area contributed by atoms with Crippen molar-refractivity contribution in [3.05, 3.63) is 53.1 Å².